The van der Waals surface area contributed by atoms with E-state index in [4.69, 9.17) is 0 Å². The molecule has 1 unspecified atom stereocenters. The Morgan fingerprint density at radius 2 is 2.30 bits per heavy atom. The van der Waals surface area contributed by atoms with Crippen molar-refractivity contribution in [3.8, 4) is 0 Å². The van der Waals surface area contributed by atoms with E-state index in [1.807, 2.05) is 10.3 Å². The molecule has 0 saturated carbocycles. The number of hydrogen-bond acceptors (Lipinski definition) is 4. The first kappa shape index (κ1) is 13.3. The molecule has 20 heavy (non-hydrogen) atoms. The van der Waals surface area contributed by atoms with E-state index in [0.29, 0.717) is 18.6 Å². The molecule has 1 atom stereocenters. The summed E-state index contributed by atoms with van der Waals surface area (Å²) in [6.45, 7) is 0.774. The lowest BCUT2D eigenvalue weighted by atomic mass is 10.1. The molecule has 6 heteroatoms. The number of hydrogen-bond donors (Lipinski definition) is 0. The number of thiophene rings is 1. The van der Waals surface area contributed by atoms with Gasteiger partial charge in [0, 0.05) is 26.4 Å². The molecule has 0 aromatic carbocycles. The predicted molar refractivity (Wildman–Crippen MR) is 77.4 cm³/mol. The van der Waals surface area contributed by atoms with Gasteiger partial charge in [0.2, 0.25) is 5.91 Å². The van der Waals surface area contributed by atoms with E-state index in [9.17, 15) is 9.59 Å². The Kier molecular flexibility index (Phi) is 3.56. The van der Waals surface area contributed by atoms with Crippen LogP contribution in [0.15, 0.2) is 21.9 Å². The Balaban J connectivity index is 1.80. The second kappa shape index (κ2) is 5.36. The second-order valence-electron chi connectivity index (χ2n) is 5.18. The van der Waals surface area contributed by atoms with Crippen molar-refractivity contribution in [2.45, 2.75) is 31.7 Å². The molecule has 3 heterocycles. The SMILES string of the molecule is CN1N=C(C(=O)N2CCCC2c2ccsc2)CCC1=O. The van der Waals surface area contributed by atoms with Crippen molar-refractivity contribution in [3.05, 3.63) is 22.4 Å². The summed E-state index contributed by atoms with van der Waals surface area (Å²) in [6.07, 6.45) is 2.85. The van der Waals surface area contributed by atoms with Gasteiger partial charge in [-0.15, -0.1) is 0 Å². The smallest absolute Gasteiger partial charge is 0.270 e. The van der Waals surface area contributed by atoms with Crippen LogP contribution in [0.1, 0.15) is 37.3 Å². The summed E-state index contributed by atoms with van der Waals surface area (Å²) in [5.74, 6) is -0.0459. The summed E-state index contributed by atoms with van der Waals surface area (Å²) in [6, 6.07) is 2.25. The number of hydrazone groups is 1. The van der Waals surface area contributed by atoms with Crippen LogP contribution in [0.4, 0.5) is 0 Å². The lowest BCUT2D eigenvalue weighted by molar-refractivity contribution is -0.130. The largest absolute Gasteiger partial charge is 0.330 e. The molecule has 1 fully saturated rings. The molecular formula is C14H17N3O2S. The van der Waals surface area contributed by atoms with Crippen molar-refractivity contribution in [2.75, 3.05) is 13.6 Å². The summed E-state index contributed by atoms with van der Waals surface area (Å²) in [5, 5.41) is 9.57. The predicted octanol–water partition coefficient (Wildman–Crippen LogP) is 2.02. The van der Waals surface area contributed by atoms with Crippen LogP contribution in [0, 0.1) is 0 Å². The van der Waals surface area contributed by atoms with Crippen LogP contribution >= 0.6 is 11.3 Å². The van der Waals surface area contributed by atoms with Crippen molar-refractivity contribution in [1.29, 1.82) is 0 Å². The molecule has 106 valence electrons. The maximum absolute atomic E-state index is 12.6. The molecule has 0 radical (unpaired) electrons. The number of likely N-dealkylation sites (tertiary alicyclic amines) is 1. The third-order valence-electron chi connectivity index (χ3n) is 3.90. The van der Waals surface area contributed by atoms with Crippen LogP contribution in [0.25, 0.3) is 0 Å². The Hall–Kier alpha value is -1.69. The van der Waals surface area contributed by atoms with Crippen LogP contribution in [0.5, 0.6) is 0 Å². The highest BCUT2D eigenvalue weighted by Crippen LogP contribution is 2.33. The number of carbonyl (C=O) groups is 2. The maximum atomic E-state index is 12.6. The van der Waals surface area contributed by atoms with Gasteiger partial charge in [-0.3, -0.25) is 9.59 Å². The molecule has 2 amide bonds. The molecule has 0 spiro atoms. The number of rotatable bonds is 2. The van der Waals surface area contributed by atoms with Gasteiger partial charge in [0.05, 0.1) is 6.04 Å². The second-order valence-corrected chi connectivity index (χ2v) is 5.96. The fourth-order valence-electron chi connectivity index (χ4n) is 2.81. The number of carbonyl (C=O) groups excluding carboxylic acids is 2. The Labute approximate surface area is 121 Å². The topological polar surface area (TPSA) is 53.0 Å². The highest BCUT2D eigenvalue weighted by atomic mass is 32.1. The summed E-state index contributed by atoms with van der Waals surface area (Å²) in [7, 11) is 1.61. The molecule has 2 aliphatic rings. The average Bonchev–Trinajstić information content (AvgIpc) is 3.10. The normalized spacial score (nSPS) is 23.1. The van der Waals surface area contributed by atoms with Gasteiger partial charge in [0.15, 0.2) is 0 Å². The van der Waals surface area contributed by atoms with Crippen molar-refractivity contribution in [2.24, 2.45) is 5.10 Å². The van der Waals surface area contributed by atoms with E-state index in [0.717, 1.165) is 19.4 Å². The third kappa shape index (κ3) is 2.35. The molecule has 1 saturated heterocycles. The van der Waals surface area contributed by atoms with Crippen LogP contribution in [0.3, 0.4) is 0 Å². The Bertz CT molecular complexity index is 553. The quantitative estimate of drug-likeness (QED) is 0.837. The van der Waals surface area contributed by atoms with E-state index in [1.54, 1.807) is 18.4 Å². The van der Waals surface area contributed by atoms with Gasteiger partial charge in [-0.25, -0.2) is 5.01 Å². The minimum Gasteiger partial charge on any atom is -0.330 e. The van der Waals surface area contributed by atoms with Crippen LogP contribution in [-0.4, -0.2) is 41.0 Å². The zero-order chi connectivity index (χ0) is 14.1. The van der Waals surface area contributed by atoms with Gasteiger partial charge in [-0.1, -0.05) is 0 Å². The highest BCUT2D eigenvalue weighted by molar-refractivity contribution is 7.08. The zero-order valence-electron chi connectivity index (χ0n) is 11.4. The standard InChI is InChI=1S/C14H17N3O2S/c1-16-13(18)5-4-11(15-16)14(19)17-7-2-3-12(17)10-6-8-20-9-10/h6,8-9,12H,2-5,7H2,1H3. The van der Waals surface area contributed by atoms with E-state index in [-0.39, 0.29) is 17.9 Å². The third-order valence-corrected chi connectivity index (χ3v) is 4.60. The van der Waals surface area contributed by atoms with Crippen molar-refractivity contribution in [3.63, 3.8) is 0 Å². The van der Waals surface area contributed by atoms with Gasteiger partial charge >= 0.3 is 0 Å². The van der Waals surface area contributed by atoms with Crippen molar-refractivity contribution < 1.29 is 9.59 Å². The van der Waals surface area contributed by atoms with E-state index < -0.39 is 0 Å². The number of nitrogens with zero attached hydrogens (tertiary/aromatic N) is 3. The van der Waals surface area contributed by atoms with Gasteiger partial charge < -0.3 is 4.90 Å². The van der Waals surface area contributed by atoms with Crippen LogP contribution < -0.4 is 0 Å². The van der Waals surface area contributed by atoms with Gasteiger partial charge in [0.25, 0.3) is 5.91 Å². The van der Waals surface area contributed by atoms with Crippen LogP contribution in [0.2, 0.25) is 0 Å². The zero-order valence-corrected chi connectivity index (χ0v) is 12.2. The molecule has 0 aliphatic carbocycles. The minimum absolute atomic E-state index is 0.0157. The maximum Gasteiger partial charge on any atom is 0.270 e. The Morgan fingerprint density at radius 1 is 1.45 bits per heavy atom. The summed E-state index contributed by atoms with van der Waals surface area (Å²) < 4.78 is 0. The Morgan fingerprint density at radius 3 is 3.00 bits per heavy atom. The molecular weight excluding hydrogens is 274 g/mol. The fraction of sp³-hybridized carbons (Fsp3) is 0.500. The summed E-state index contributed by atoms with van der Waals surface area (Å²) in [5.41, 5.74) is 1.72. The molecule has 0 N–H and O–H groups in total. The highest BCUT2D eigenvalue weighted by Gasteiger charge is 2.34. The number of amides is 2. The van der Waals surface area contributed by atoms with Crippen molar-refractivity contribution >= 4 is 28.9 Å². The molecule has 5 nitrogen and oxygen atoms in total. The summed E-state index contributed by atoms with van der Waals surface area (Å²) in [4.78, 5) is 26.0. The first-order valence-corrected chi connectivity index (χ1v) is 7.78. The molecule has 3 rings (SSSR count). The monoisotopic (exact) mass is 291 g/mol. The van der Waals surface area contributed by atoms with E-state index in [2.05, 4.69) is 16.5 Å². The lowest BCUT2D eigenvalue weighted by Gasteiger charge is -2.27. The van der Waals surface area contributed by atoms with Crippen LogP contribution in [-0.2, 0) is 9.59 Å². The molecule has 0 bridgehead atoms. The minimum atomic E-state index is -0.0302. The fourth-order valence-corrected chi connectivity index (χ4v) is 3.52. The van der Waals surface area contributed by atoms with Gasteiger partial charge in [-0.2, -0.15) is 16.4 Å². The molecule has 1 aromatic rings. The van der Waals surface area contributed by atoms with E-state index >= 15 is 0 Å². The first-order chi connectivity index (χ1) is 9.66. The van der Waals surface area contributed by atoms with Gasteiger partial charge in [-0.05, 0) is 35.2 Å². The van der Waals surface area contributed by atoms with E-state index in [1.165, 1.54) is 10.6 Å². The lowest BCUT2D eigenvalue weighted by Crippen LogP contribution is -2.40. The van der Waals surface area contributed by atoms with Gasteiger partial charge in [0.1, 0.15) is 5.71 Å². The molecule has 2 aliphatic heterocycles. The summed E-state index contributed by atoms with van der Waals surface area (Å²) >= 11 is 1.66. The van der Waals surface area contributed by atoms with Crippen molar-refractivity contribution in [1.82, 2.24) is 9.91 Å². The average molecular weight is 291 g/mol. The molecule has 1 aromatic heterocycles. The first-order valence-electron chi connectivity index (χ1n) is 6.84.